The Morgan fingerprint density at radius 1 is 0.611 bits per heavy atom. The van der Waals surface area contributed by atoms with Gasteiger partial charge in [-0.2, -0.15) is 0 Å². The topological polar surface area (TPSA) is 80.9 Å². The van der Waals surface area contributed by atoms with Gasteiger partial charge in [0.1, 0.15) is 0 Å². The highest BCUT2D eigenvalue weighted by Gasteiger charge is 2.00. The Morgan fingerprint density at radius 3 is 1.17 bits per heavy atom. The molecule has 2 aromatic rings. The molecule has 0 atom stereocenters. The third-order valence-electron chi connectivity index (χ3n) is 1.93. The van der Waals surface area contributed by atoms with Gasteiger partial charge in [-0.3, -0.25) is 0 Å². The fourth-order valence-electron chi connectivity index (χ4n) is 1.01. The average molecular weight is 378 g/mol. The zero-order valence-corrected chi connectivity index (χ0v) is 12.2. The van der Waals surface area contributed by atoms with E-state index in [1.54, 1.807) is 24.3 Å². The fraction of sp³-hybridized carbons (Fsp3) is 0. The van der Waals surface area contributed by atoms with Crippen LogP contribution >= 0.6 is 31.9 Å². The summed E-state index contributed by atoms with van der Waals surface area (Å²) in [4.78, 5) is 0. The lowest BCUT2D eigenvalue weighted by Gasteiger charge is -1.96. The van der Waals surface area contributed by atoms with Gasteiger partial charge in [-0.1, -0.05) is 12.1 Å². The number of rotatable bonds is 0. The van der Waals surface area contributed by atoms with E-state index in [0.717, 1.165) is 0 Å². The number of phenols is 4. The third-order valence-corrected chi connectivity index (χ3v) is 3.21. The van der Waals surface area contributed by atoms with E-state index in [2.05, 4.69) is 31.9 Å². The average Bonchev–Trinajstić information content (AvgIpc) is 2.34. The molecule has 2 rings (SSSR count). The zero-order valence-electron chi connectivity index (χ0n) is 9.01. The summed E-state index contributed by atoms with van der Waals surface area (Å²) in [5.74, 6) is -0.441. The molecule has 0 aliphatic rings. The molecule has 18 heavy (non-hydrogen) atoms. The van der Waals surface area contributed by atoms with E-state index in [-0.39, 0.29) is 23.0 Å². The largest absolute Gasteiger partial charge is 0.504 e. The first-order valence-electron chi connectivity index (χ1n) is 4.76. The summed E-state index contributed by atoms with van der Waals surface area (Å²) in [5, 5.41) is 35.5. The van der Waals surface area contributed by atoms with Crippen molar-refractivity contribution in [3.8, 4) is 23.0 Å². The number of halogens is 2. The summed E-state index contributed by atoms with van der Waals surface area (Å²) in [6.45, 7) is 0. The molecule has 0 spiro atoms. The molecular weight excluding hydrogens is 368 g/mol. The molecule has 0 aliphatic heterocycles. The molecule has 96 valence electrons. The standard InChI is InChI=1S/2C6H5BrO2/c2*7-4-2-1-3-5(8)6(4)9/h2*1-3,8-9H. The van der Waals surface area contributed by atoms with Crippen LogP contribution in [0.25, 0.3) is 0 Å². The molecule has 4 nitrogen and oxygen atoms in total. The highest BCUT2D eigenvalue weighted by molar-refractivity contribution is 9.10. The van der Waals surface area contributed by atoms with E-state index in [4.69, 9.17) is 20.4 Å². The van der Waals surface area contributed by atoms with Crippen molar-refractivity contribution in [2.24, 2.45) is 0 Å². The molecule has 0 amide bonds. The highest BCUT2D eigenvalue weighted by atomic mass is 79.9. The normalized spacial score (nSPS) is 9.44. The van der Waals surface area contributed by atoms with Crippen molar-refractivity contribution in [3.05, 3.63) is 45.3 Å². The van der Waals surface area contributed by atoms with Crippen molar-refractivity contribution < 1.29 is 20.4 Å². The second-order valence-electron chi connectivity index (χ2n) is 3.22. The van der Waals surface area contributed by atoms with Gasteiger partial charge in [0, 0.05) is 0 Å². The van der Waals surface area contributed by atoms with Crippen LogP contribution in [0.1, 0.15) is 0 Å². The number of hydrogen-bond acceptors (Lipinski definition) is 4. The van der Waals surface area contributed by atoms with E-state index in [9.17, 15) is 0 Å². The Balaban J connectivity index is 0.000000180. The van der Waals surface area contributed by atoms with Gasteiger partial charge in [-0.05, 0) is 56.1 Å². The molecule has 6 heteroatoms. The Morgan fingerprint density at radius 2 is 0.944 bits per heavy atom. The minimum Gasteiger partial charge on any atom is -0.504 e. The maximum absolute atomic E-state index is 8.91. The molecule has 2 aromatic carbocycles. The number of hydrogen-bond donors (Lipinski definition) is 4. The number of phenolic OH excluding ortho intramolecular Hbond substituents is 4. The summed E-state index contributed by atoms with van der Waals surface area (Å²) in [5.41, 5.74) is 0. The van der Waals surface area contributed by atoms with Crippen LogP contribution in [-0.2, 0) is 0 Å². The van der Waals surface area contributed by atoms with Gasteiger partial charge in [0.15, 0.2) is 23.0 Å². The molecule has 0 saturated carbocycles. The van der Waals surface area contributed by atoms with Crippen LogP contribution in [-0.4, -0.2) is 20.4 Å². The van der Waals surface area contributed by atoms with Crippen LogP contribution in [0.5, 0.6) is 23.0 Å². The van der Waals surface area contributed by atoms with Crippen LogP contribution in [0.4, 0.5) is 0 Å². The van der Waals surface area contributed by atoms with Gasteiger partial charge in [0.2, 0.25) is 0 Å². The van der Waals surface area contributed by atoms with Gasteiger partial charge in [0.25, 0.3) is 0 Å². The SMILES string of the molecule is Oc1cccc(Br)c1O.Oc1cccc(Br)c1O. The summed E-state index contributed by atoms with van der Waals surface area (Å²) < 4.78 is 1.00. The van der Waals surface area contributed by atoms with Crippen molar-refractivity contribution >= 4 is 31.9 Å². The summed E-state index contributed by atoms with van der Waals surface area (Å²) in [7, 11) is 0. The van der Waals surface area contributed by atoms with E-state index >= 15 is 0 Å². The lowest BCUT2D eigenvalue weighted by atomic mass is 10.3. The lowest BCUT2D eigenvalue weighted by molar-refractivity contribution is 0.401. The van der Waals surface area contributed by atoms with E-state index < -0.39 is 0 Å². The van der Waals surface area contributed by atoms with Gasteiger partial charge < -0.3 is 20.4 Å². The first kappa shape index (κ1) is 14.7. The Hall–Kier alpha value is -1.40. The quantitative estimate of drug-likeness (QED) is 0.527. The van der Waals surface area contributed by atoms with Crippen LogP contribution in [0.3, 0.4) is 0 Å². The zero-order chi connectivity index (χ0) is 13.7. The van der Waals surface area contributed by atoms with E-state index in [0.29, 0.717) is 8.95 Å². The predicted octanol–water partition coefficient (Wildman–Crippen LogP) is 3.72. The van der Waals surface area contributed by atoms with Crippen LogP contribution in [0.15, 0.2) is 45.3 Å². The van der Waals surface area contributed by atoms with E-state index in [1.807, 2.05) is 0 Å². The lowest BCUT2D eigenvalue weighted by Crippen LogP contribution is -1.68. The fourth-order valence-corrected chi connectivity index (χ4v) is 1.72. The molecule has 0 unspecified atom stereocenters. The van der Waals surface area contributed by atoms with Crippen molar-refractivity contribution in [2.75, 3.05) is 0 Å². The molecule has 0 heterocycles. The predicted molar refractivity (Wildman–Crippen MR) is 74.9 cm³/mol. The number of benzene rings is 2. The molecule has 4 N–H and O–H groups in total. The monoisotopic (exact) mass is 376 g/mol. The van der Waals surface area contributed by atoms with E-state index in [1.165, 1.54) is 12.1 Å². The Labute approximate surface area is 120 Å². The molecule has 0 aromatic heterocycles. The van der Waals surface area contributed by atoms with Gasteiger partial charge in [-0.25, -0.2) is 0 Å². The highest BCUT2D eigenvalue weighted by Crippen LogP contribution is 2.32. The number of para-hydroxylation sites is 2. The summed E-state index contributed by atoms with van der Waals surface area (Å²) in [6.07, 6.45) is 0. The van der Waals surface area contributed by atoms with Gasteiger partial charge in [-0.15, -0.1) is 0 Å². The van der Waals surface area contributed by atoms with Crippen LogP contribution < -0.4 is 0 Å². The number of aromatic hydroxyl groups is 4. The molecule has 0 aliphatic carbocycles. The summed E-state index contributed by atoms with van der Waals surface area (Å²) in [6, 6.07) is 9.41. The second kappa shape index (κ2) is 6.51. The Bertz CT molecular complexity index is 454. The van der Waals surface area contributed by atoms with Crippen molar-refractivity contribution in [3.63, 3.8) is 0 Å². The molecule has 0 fully saturated rings. The maximum Gasteiger partial charge on any atom is 0.171 e. The van der Waals surface area contributed by atoms with Gasteiger partial charge in [0.05, 0.1) is 8.95 Å². The van der Waals surface area contributed by atoms with Crippen LogP contribution in [0.2, 0.25) is 0 Å². The molecular formula is C12H10Br2O4. The smallest absolute Gasteiger partial charge is 0.171 e. The third kappa shape index (κ3) is 3.82. The van der Waals surface area contributed by atoms with Gasteiger partial charge >= 0.3 is 0 Å². The second-order valence-corrected chi connectivity index (χ2v) is 4.92. The van der Waals surface area contributed by atoms with Crippen molar-refractivity contribution in [1.29, 1.82) is 0 Å². The maximum atomic E-state index is 8.91. The van der Waals surface area contributed by atoms with Crippen molar-refractivity contribution in [2.45, 2.75) is 0 Å². The Kier molecular flexibility index (Phi) is 5.30. The minimum absolute atomic E-state index is 0.107. The van der Waals surface area contributed by atoms with Crippen LogP contribution in [0, 0.1) is 0 Å². The summed E-state index contributed by atoms with van der Waals surface area (Å²) >= 11 is 6.07. The molecule has 0 bridgehead atoms. The van der Waals surface area contributed by atoms with Crippen molar-refractivity contribution in [1.82, 2.24) is 0 Å². The minimum atomic E-state index is -0.113. The molecule has 0 saturated heterocycles. The first-order chi connectivity index (χ1) is 8.43. The molecule has 0 radical (unpaired) electrons. The first-order valence-corrected chi connectivity index (χ1v) is 6.35.